The van der Waals surface area contributed by atoms with Crippen molar-refractivity contribution < 1.29 is 14.6 Å². The number of carboxylic acid groups (broad SMARTS) is 1. The van der Waals surface area contributed by atoms with E-state index in [9.17, 15) is 4.79 Å². The Morgan fingerprint density at radius 3 is 2.74 bits per heavy atom. The number of aromatic carboxylic acids is 1. The lowest BCUT2D eigenvalue weighted by Gasteiger charge is -2.25. The third kappa shape index (κ3) is 4.87. The second-order valence-corrected chi connectivity index (χ2v) is 5.41. The highest BCUT2D eigenvalue weighted by Crippen LogP contribution is 2.22. The molecule has 1 aromatic rings. The summed E-state index contributed by atoms with van der Waals surface area (Å²) in [6.07, 6.45) is 0.894. The van der Waals surface area contributed by atoms with Gasteiger partial charge in [0.1, 0.15) is 11.4 Å². The number of hydrogen-bond acceptors (Lipinski definition) is 4. The summed E-state index contributed by atoms with van der Waals surface area (Å²) in [4.78, 5) is 15.4. The normalized spacial score (nSPS) is 11.4. The van der Waals surface area contributed by atoms with Crippen LogP contribution in [-0.2, 0) is 4.74 Å². The maximum absolute atomic E-state index is 11.1. The molecule has 0 saturated heterocycles. The highest BCUT2D eigenvalue weighted by atomic mass is 16.5. The van der Waals surface area contributed by atoms with Gasteiger partial charge in [0.15, 0.2) is 0 Å². The Kier molecular flexibility index (Phi) is 5.30. The van der Waals surface area contributed by atoms with Crippen LogP contribution in [0.2, 0.25) is 0 Å². The van der Waals surface area contributed by atoms with Crippen molar-refractivity contribution in [1.29, 1.82) is 0 Å². The van der Waals surface area contributed by atoms with Crippen LogP contribution in [0, 0.1) is 12.3 Å². The molecule has 1 rings (SSSR count). The Morgan fingerprint density at radius 1 is 1.47 bits per heavy atom. The summed E-state index contributed by atoms with van der Waals surface area (Å²) < 4.78 is 5.07. The van der Waals surface area contributed by atoms with E-state index >= 15 is 0 Å². The third-order valence-electron chi connectivity index (χ3n) is 2.98. The molecule has 0 bridgehead atoms. The fourth-order valence-electron chi connectivity index (χ4n) is 1.65. The minimum Gasteiger partial charge on any atom is -0.478 e. The lowest BCUT2D eigenvalue weighted by atomic mass is 9.89. The van der Waals surface area contributed by atoms with Gasteiger partial charge in [0.05, 0.1) is 0 Å². The number of hydrogen-bond donors (Lipinski definition) is 2. The molecule has 106 valence electrons. The van der Waals surface area contributed by atoms with Crippen LogP contribution in [0.4, 0.5) is 5.82 Å². The fraction of sp³-hybridized carbons (Fsp3) is 0.571. The number of rotatable bonds is 7. The van der Waals surface area contributed by atoms with Gasteiger partial charge in [0.2, 0.25) is 0 Å². The van der Waals surface area contributed by atoms with E-state index in [0.717, 1.165) is 12.1 Å². The van der Waals surface area contributed by atoms with Crippen molar-refractivity contribution in [3.05, 3.63) is 23.4 Å². The molecule has 1 heterocycles. The number of anilines is 1. The van der Waals surface area contributed by atoms with Gasteiger partial charge in [-0.2, -0.15) is 0 Å². The highest BCUT2D eigenvalue weighted by Gasteiger charge is 2.19. The Labute approximate surface area is 114 Å². The molecular formula is C14H22N2O3. The standard InChI is InChI=1S/C14H22N2O3/c1-10-5-6-11(13(17)18)12(16-10)15-9-14(2,3)7-8-19-4/h5-6H,7-9H2,1-4H3,(H,15,16)(H,17,18). The first-order valence-electron chi connectivity index (χ1n) is 6.29. The van der Waals surface area contributed by atoms with Gasteiger partial charge in [-0.25, -0.2) is 9.78 Å². The summed E-state index contributed by atoms with van der Waals surface area (Å²) in [6, 6.07) is 3.28. The molecular weight excluding hydrogens is 244 g/mol. The highest BCUT2D eigenvalue weighted by molar-refractivity contribution is 5.93. The first kappa shape index (κ1) is 15.4. The molecule has 0 unspecified atom stereocenters. The van der Waals surface area contributed by atoms with Gasteiger partial charge in [-0.3, -0.25) is 0 Å². The zero-order chi connectivity index (χ0) is 14.5. The molecule has 0 fully saturated rings. The molecule has 0 spiro atoms. The Morgan fingerprint density at radius 2 is 2.16 bits per heavy atom. The summed E-state index contributed by atoms with van der Waals surface area (Å²) in [7, 11) is 1.67. The van der Waals surface area contributed by atoms with Crippen LogP contribution in [0.25, 0.3) is 0 Å². The smallest absolute Gasteiger partial charge is 0.339 e. The first-order valence-corrected chi connectivity index (χ1v) is 6.29. The molecule has 0 amide bonds. The van der Waals surface area contributed by atoms with E-state index in [-0.39, 0.29) is 11.0 Å². The number of methoxy groups -OCH3 is 1. The van der Waals surface area contributed by atoms with Crippen LogP contribution in [0.5, 0.6) is 0 Å². The van der Waals surface area contributed by atoms with Crippen molar-refractivity contribution in [1.82, 2.24) is 4.98 Å². The van der Waals surface area contributed by atoms with Crippen molar-refractivity contribution in [3.63, 3.8) is 0 Å². The zero-order valence-electron chi connectivity index (χ0n) is 12.0. The van der Waals surface area contributed by atoms with E-state index in [4.69, 9.17) is 9.84 Å². The predicted octanol–water partition coefficient (Wildman–Crippen LogP) is 2.56. The zero-order valence-corrected chi connectivity index (χ0v) is 12.0. The van der Waals surface area contributed by atoms with E-state index in [0.29, 0.717) is 19.0 Å². The lowest BCUT2D eigenvalue weighted by molar-refractivity contribution is 0.0697. The lowest BCUT2D eigenvalue weighted by Crippen LogP contribution is -2.26. The molecule has 5 heteroatoms. The average molecular weight is 266 g/mol. The van der Waals surface area contributed by atoms with Crippen LogP contribution < -0.4 is 5.32 Å². The van der Waals surface area contributed by atoms with Crippen molar-refractivity contribution in [2.45, 2.75) is 27.2 Å². The number of carbonyl (C=O) groups is 1. The Bertz CT molecular complexity index is 444. The maximum Gasteiger partial charge on any atom is 0.339 e. The molecule has 0 aliphatic rings. The quantitative estimate of drug-likeness (QED) is 0.793. The first-order chi connectivity index (χ1) is 8.85. The van der Waals surface area contributed by atoms with Gasteiger partial charge in [-0.05, 0) is 30.9 Å². The molecule has 2 N–H and O–H groups in total. The van der Waals surface area contributed by atoms with Crippen LogP contribution >= 0.6 is 0 Å². The molecule has 0 radical (unpaired) electrons. The van der Waals surface area contributed by atoms with E-state index in [1.54, 1.807) is 19.2 Å². The van der Waals surface area contributed by atoms with Gasteiger partial charge < -0.3 is 15.2 Å². The molecule has 0 atom stereocenters. The fourth-order valence-corrected chi connectivity index (χ4v) is 1.65. The number of carboxylic acids is 1. The summed E-state index contributed by atoms with van der Waals surface area (Å²) in [5.41, 5.74) is 1.01. The molecule has 0 aliphatic carbocycles. The van der Waals surface area contributed by atoms with Crippen LogP contribution in [0.1, 0.15) is 36.3 Å². The van der Waals surface area contributed by atoms with Gasteiger partial charge in [-0.15, -0.1) is 0 Å². The second-order valence-electron chi connectivity index (χ2n) is 5.41. The van der Waals surface area contributed by atoms with Gasteiger partial charge in [-0.1, -0.05) is 13.8 Å². The molecule has 0 aromatic carbocycles. The van der Waals surface area contributed by atoms with Gasteiger partial charge >= 0.3 is 5.97 Å². The largest absolute Gasteiger partial charge is 0.478 e. The number of nitrogens with zero attached hydrogens (tertiary/aromatic N) is 1. The third-order valence-corrected chi connectivity index (χ3v) is 2.98. The predicted molar refractivity (Wildman–Crippen MR) is 74.7 cm³/mol. The number of nitrogens with one attached hydrogen (secondary N) is 1. The van der Waals surface area contributed by atoms with E-state index in [2.05, 4.69) is 24.1 Å². The van der Waals surface area contributed by atoms with Crippen LogP contribution in [-0.4, -0.2) is 36.3 Å². The SMILES string of the molecule is COCCC(C)(C)CNc1nc(C)ccc1C(=O)O. The minimum atomic E-state index is -0.968. The van der Waals surface area contributed by atoms with Crippen LogP contribution in [0.3, 0.4) is 0 Å². The topological polar surface area (TPSA) is 71.5 Å². The van der Waals surface area contributed by atoms with Crippen molar-refractivity contribution in [2.24, 2.45) is 5.41 Å². The Balaban J connectivity index is 2.76. The molecule has 19 heavy (non-hydrogen) atoms. The summed E-state index contributed by atoms with van der Waals surface area (Å²) in [5.74, 6) is -0.539. The molecule has 1 aromatic heterocycles. The van der Waals surface area contributed by atoms with Crippen molar-refractivity contribution >= 4 is 11.8 Å². The number of pyridine rings is 1. The number of aryl methyl sites for hydroxylation is 1. The van der Waals surface area contributed by atoms with E-state index < -0.39 is 5.97 Å². The maximum atomic E-state index is 11.1. The van der Waals surface area contributed by atoms with Crippen LogP contribution in [0.15, 0.2) is 12.1 Å². The number of ether oxygens (including phenoxy) is 1. The molecule has 0 saturated carbocycles. The average Bonchev–Trinajstić information content (AvgIpc) is 2.34. The van der Waals surface area contributed by atoms with Gasteiger partial charge in [0.25, 0.3) is 0 Å². The van der Waals surface area contributed by atoms with Gasteiger partial charge in [0, 0.05) is 26.0 Å². The molecule has 0 aliphatic heterocycles. The Hall–Kier alpha value is -1.62. The number of aromatic nitrogens is 1. The summed E-state index contributed by atoms with van der Waals surface area (Å²) in [6.45, 7) is 7.38. The molecule has 5 nitrogen and oxygen atoms in total. The monoisotopic (exact) mass is 266 g/mol. The minimum absolute atomic E-state index is 0.0111. The van der Waals surface area contributed by atoms with E-state index in [1.807, 2.05) is 6.92 Å². The van der Waals surface area contributed by atoms with E-state index in [1.165, 1.54) is 0 Å². The second kappa shape index (κ2) is 6.52. The summed E-state index contributed by atoms with van der Waals surface area (Å²) in [5, 5.41) is 12.3. The van der Waals surface area contributed by atoms with Crippen molar-refractivity contribution in [2.75, 3.05) is 25.6 Å². The summed E-state index contributed by atoms with van der Waals surface area (Å²) >= 11 is 0. The van der Waals surface area contributed by atoms with Crippen molar-refractivity contribution in [3.8, 4) is 0 Å².